The maximum absolute atomic E-state index is 13.0. The van der Waals surface area contributed by atoms with Gasteiger partial charge >= 0.3 is 5.97 Å². The van der Waals surface area contributed by atoms with E-state index >= 15 is 0 Å². The van der Waals surface area contributed by atoms with E-state index in [1.54, 1.807) is 19.1 Å². The average Bonchev–Trinajstić information content (AvgIpc) is 2.40. The number of hydrogen-bond acceptors (Lipinski definition) is 3. The topological polar surface area (TPSA) is 79.3 Å². The Morgan fingerprint density at radius 2 is 2.05 bits per heavy atom. The van der Waals surface area contributed by atoms with Crippen LogP contribution in [0.15, 0.2) is 36.7 Å². The summed E-state index contributed by atoms with van der Waals surface area (Å²) in [6.07, 6.45) is 2.18. The molecule has 1 aromatic heterocycles. The Hall–Kier alpha value is -2.76. The molecule has 20 heavy (non-hydrogen) atoms. The Balaban J connectivity index is 2.35. The Morgan fingerprint density at radius 1 is 1.30 bits per heavy atom. The van der Waals surface area contributed by atoms with Gasteiger partial charge in [0.25, 0.3) is 5.91 Å². The largest absolute Gasteiger partial charge is 0.478 e. The molecule has 5 nitrogen and oxygen atoms in total. The average molecular weight is 274 g/mol. The number of benzene rings is 1. The first-order valence-corrected chi connectivity index (χ1v) is 5.74. The van der Waals surface area contributed by atoms with Gasteiger partial charge < -0.3 is 10.4 Å². The highest BCUT2D eigenvalue weighted by Crippen LogP contribution is 2.21. The van der Waals surface area contributed by atoms with E-state index in [1.807, 2.05) is 0 Å². The molecule has 0 aliphatic heterocycles. The van der Waals surface area contributed by atoms with Crippen LogP contribution >= 0.6 is 0 Å². The van der Waals surface area contributed by atoms with Crippen LogP contribution in [0.3, 0.4) is 0 Å². The van der Waals surface area contributed by atoms with Crippen LogP contribution in [0.25, 0.3) is 0 Å². The fourth-order valence-electron chi connectivity index (χ4n) is 1.73. The van der Waals surface area contributed by atoms with E-state index in [2.05, 4.69) is 10.3 Å². The zero-order valence-corrected chi connectivity index (χ0v) is 10.6. The van der Waals surface area contributed by atoms with Crippen LogP contribution in [-0.2, 0) is 0 Å². The number of carbonyl (C=O) groups excluding carboxylic acids is 1. The number of nitrogens with one attached hydrogen (secondary N) is 1. The van der Waals surface area contributed by atoms with Gasteiger partial charge in [-0.15, -0.1) is 0 Å². The lowest BCUT2D eigenvalue weighted by Crippen LogP contribution is -2.16. The van der Waals surface area contributed by atoms with Crippen LogP contribution in [-0.4, -0.2) is 22.0 Å². The highest BCUT2D eigenvalue weighted by atomic mass is 19.1. The van der Waals surface area contributed by atoms with Crippen molar-refractivity contribution >= 4 is 17.6 Å². The summed E-state index contributed by atoms with van der Waals surface area (Å²) in [7, 11) is 0. The normalized spacial score (nSPS) is 10.1. The van der Waals surface area contributed by atoms with Crippen molar-refractivity contribution in [2.75, 3.05) is 5.32 Å². The molecule has 0 fully saturated rings. The van der Waals surface area contributed by atoms with Gasteiger partial charge in [0.05, 0.1) is 23.0 Å². The van der Waals surface area contributed by atoms with Crippen LogP contribution < -0.4 is 5.32 Å². The van der Waals surface area contributed by atoms with E-state index in [4.69, 9.17) is 5.11 Å². The number of nitrogens with zero attached hydrogens (tertiary/aromatic N) is 1. The molecule has 1 aromatic carbocycles. The number of para-hydroxylation sites is 1. The predicted molar refractivity (Wildman–Crippen MR) is 70.3 cm³/mol. The maximum Gasteiger partial charge on any atom is 0.337 e. The lowest BCUT2D eigenvalue weighted by molar-refractivity contribution is 0.0698. The van der Waals surface area contributed by atoms with Gasteiger partial charge in [-0.3, -0.25) is 9.78 Å². The monoisotopic (exact) mass is 274 g/mol. The molecule has 2 rings (SSSR count). The number of carboxylic acid groups (broad SMARTS) is 1. The highest BCUT2D eigenvalue weighted by Gasteiger charge is 2.15. The molecular weight excluding hydrogens is 263 g/mol. The maximum atomic E-state index is 13.0. The second-order valence-corrected chi connectivity index (χ2v) is 4.15. The number of anilines is 1. The smallest absolute Gasteiger partial charge is 0.337 e. The molecule has 1 amide bonds. The van der Waals surface area contributed by atoms with E-state index in [0.29, 0.717) is 5.56 Å². The van der Waals surface area contributed by atoms with Gasteiger partial charge in [0.2, 0.25) is 0 Å². The molecule has 0 spiro atoms. The lowest BCUT2D eigenvalue weighted by atomic mass is 10.1. The van der Waals surface area contributed by atoms with Crippen molar-refractivity contribution in [1.29, 1.82) is 0 Å². The van der Waals surface area contributed by atoms with Crippen molar-refractivity contribution < 1.29 is 19.1 Å². The van der Waals surface area contributed by atoms with Gasteiger partial charge in [-0.2, -0.15) is 0 Å². The number of rotatable bonds is 3. The Labute approximate surface area is 114 Å². The minimum atomic E-state index is -1.15. The number of aromatic nitrogens is 1. The van der Waals surface area contributed by atoms with Crippen LogP contribution in [0.4, 0.5) is 10.1 Å². The third-order valence-electron chi connectivity index (χ3n) is 2.71. The second kappa shape index (κ2) is 5.48. The molecule has 0 saturated heterocycles. The van der Waals surface area contributed by atoms with Crippen molar-refractivity contribution in [3.63, 3.8) is 0 Å². The molecule has 0 saturated carbocycles. The van der Waals surface area contributed by atoms with Crippen molar-refractivity contribution in [2.24, 2.45) is 0 Å². The molecular formula is C14H11FN2O3. The molecule has 0 unspecified atom stereocenters. The number of carboxylic acids is 1. The molecule has 0 aliphatic rings. The fraction of sp³-hybridized carbons (Fsp3) is 0.0714. The zero-order chi connectivity index (χ0) is 14.7. The van der Waals surface area contributed by atoms with E-state index in [1.165, 1.54) is 12.3 Å². The first kappa shape index (κ1) is 13.7. The van der Waals surface area contributed by atoms with Gasteiger partial charge in [-0.1, -0.05) is 12.1 Å². The van der Waals surface area contributed by atoms with Crippen molar-refractivity contribution in [3.8, 4) is 0 Å². The summed E-state index contributed by atoms with van der Waals surface area (Å²) in [5, 5.41) is 11.6. The number of carbonyl (C=O) groups is 2. The Kier molecular flexibility index (Phi) is 3.74. The number of halogens is 1. The first-order chi connectivity index (χ1) is 9.49. The SMILES string of the molecule is Cc1cccc(C(=O)O)c1NC(=O)c1cncc(F)c1. The summed E-state index contributed by atoms with van der Waals surface area (Å²) < 4.78 is 13.0. The van der Waals surface area contributed by atoms with Gasteiger partial charge in [0.1, 0.15) is 5.82 Å². The number of aromatic carboxylic acids is 1. The molecule has 0 aliphatic carbocycles. The summed E-state index contributed by atoms with van der Waals surface area (Å²) in [5.74, 6) is -2.41. The summed E-state index contributed by atoms with van der Waals surface area (Å²) in [6.45, 7) is 1.67. The first-order valence-electron chi connectivity index (χ1n) is 5.74. The number of pyridine rings is 1. The molecule has 2 N–H and O–H groups in total. The van der Waals surface area contributed by atoms with Gasteiger partial charge in [-0.25, -0.2) is 9.18 Å². The third kappa shape index (κ3) is 2.80. The summed E-state index contributed by atoms with van der Waals surface area (Å²) >= 11 is 0. The van der Waals surface area contributed by atoms with E-state index < -0.39 is 17.7 Å². The van der Waals surface area contributed by atoms with E-state index in [-0.39, 0.29) is 16.8 Å². The molecule has 102 valence electrons. The minimum Gasteiger partial charge on any atom is -0.478 e. The second-order valence-electron chi connectivity index (χ2n) is 4.15. The fourth-order valence-corrected chi connectivity index (χ4v) is 1.73. The number of aryl methyl sites for hydroxylation is 1. The van der Waals surface area contributed by atoms with E-state index in [9.17, 15) is 14.0 Å². The Bertz CT molecular complexity index is 686. The summed E-state index contributed by atoms with van der Waals surface area (Å²) in [4.78, 5) is 26.7. The molecule has 2 aromatic rings. The predicted octanol–water partition coefficient (Wildman–Crippen LogP) is 2.48. The van der Waals surface area contributed by atoms with E-state index in [0.717, 1.165) is 12.3 Å². The molecule has 0 bridgehead atoms. The number of hydrogen-bond donors (Lipinski definition) is 2. The van der Waals surface area contributed by atoms with Gasteiger partial charge in [-0.05, 0) is 24.6 Å². The van der Waals surface area contributed by atoms with Crippen LogP contribution in [0.2, 0.25) is 0 Å². The summed E-state index contributed by atoms with van der Waals surface area (Å²) in [6, 6.07) is 5.67. The van der Waals surface area contributed by atoms with Gasteiger partial charge in [0, 0.05) is 6.20 Å². The van der Waals surface area contributed by atoms with Crippen molar-refractivity contribution in [1.82, 2.24) is 4.98 Å². The molecule has 6 heteroatoms. The van der Waals surface area contributed by atoms with Crippen LogP contribution in [0.5, 0.6) is 0 Å². The third-order valence-corrected chi connectivity index (χ3v) is 2.71. The molecule has 0 radical (unpaired) electrons. The lowest BCUT2D eigenvalue weighted by Gasteiger charge is -2.11. The summed E-state index contributed by atoms with van der Waals surface area (Å²) in [5.41, 5.74) is 0.782. The minimum absolute atomic E-state index is 0.0181. The molecule has 1 heterocycles. The van der Waals surface area contributed by atoms with Crippen molar-refractivity contribution in [2.45, 2.75) is 6.92 Å². The van der Waals surface area contributed by atoms with Crippen molar-refractivity contribution in [3.05, 3.63) is 59.2 Å². The number of amides is 1. The standard InChI is InChI=1S/C14H11FN2O3/c1-8-3-2-4-11(14(19)20)12(8)17-13(18)9-5-10(15)7-16-6-9/h2-7H,1H3,(H,17,18)(H,19,20). The Morgan fingerprint density at radius 3 is 2.70 bits per heavy atom. The molecule has 0 atom stereocenters. The zero-order valence-electron chi connectivity index (χ0n) is 10.6. The quantitative estimate of drug-likeness (QED) is 0.901. The van der Waals surface area contributed by atoms with Crippen LogP contribution in [0.1, 0.15) is 26.3 Å². The highest BCUT2D eigenvalue weighted by molar-refractivity contribution is 6.08. The van der Waals surface area contributed by atoms with Crippen LogP contribution in [0, 0.1) is 12.7 Å². The van der Waals surface area contributed by atoms with Gasteiger partial charge in [0.15, 0.2) is 0 Å².